The summed E-state index contributed by atoms with van der Waals surface area (Å²) < 4.78 is 26.8. The van der Waals surface area contributed by atoms with Crippen LogP contribution in [0.1, 0.15) is 20.3 Å². The summed E-state index contributed by atoms with van der Waals surface area (Å²) in [5, 5.41) is 11.8. The molecule has 2 heterocycles. The molecule has 0 N–H and O–H groups in total. The van der Waals surface area contributed by atoms with E-state index >= 15 is 0 Å². The van der Waals surface area contributed by atoms with Crippen LogP contribution in [-0.4, -0.2) is 66.9 Å². The molecule has 1 aromatic carbocycles. The lowest BCUT2D eigenvalue weighted by atomic mass is 10.2. The summed E-state index contributed by atoms with van der Waals surface area (Å²) in [7, 11) is -3.77. The molecule has 0 bridgehead atoms. The number of anilines is 2. The predicted octanol–water partition coefficient (Wildman–Crippen LogP) is 2.13. The Hall–Kier alpha value is -2.79. The minimum absolute atomic E-state index is 0.0595. The Bertz CT molecular complexity index is 982. The van der Waals surface area contributed by atoms with E-state index in [1.807, 2.05) is 9.80 Å². The zero-order valence-corrected chi connectivity index (χ0v) is 18.0. The molecule has 1 aromatic heterocycles. The van der Waals surface area contributed by atoms with Crippen LogP contribution in [0.4, 0.5) is 17.3 Å². The van der Waals surface area contributed by atoms with Crippen molar-refractivity contribution in [3.63, 3.8) is 0 Å². The van der Waals surface area contributed by atoms with Crippen LogP contribution in [0.3, 0.4) is 0 Å². The van der Waals surface area contributed by atoms with Crippen molar-refractivity contribution in [2.75, 3.05) is 49.1 Å². The van der Waals surface area contributed by atoms with Crippen molar-refractivity contribution in [2.45, 2.75) is 25.2 Å². The fraction of sp³-hybridized carbons (Fsp3) is 0.474. The molecular formula is C19H26N6O4S. The highest BCUT2D eigenvalue weighted by atomic mass is 32.2. The highest BCUT2D eigenvalue weighted by Crippen LogP contribution is 2.32. The average molecular weight is 435 g/mol. The number of nitro benzene ring substituents is 1. The molecule has 162 valence electrons. The number of hydrogen-bond donors (Lipinski definition) is 0. The van der Waals surface area contributed by atoms with Crippen LogP contribution in [0.2, 0.25) is 0 Å². The van der Waals surface area contributed by atoms with Crippen LogP contribution >= 0.6 is 0 Å². The molecule has 1 aliphatic rings. The molecule has 30 heavy (non-hydrogen) atoms. The van der Waals surface area contributed by atoms with E-state index in [-0.39, 0.29) is 10.6 Å². The Labute approximate surface area is 176 Å². The molecule has 0 spiro atoms. The molecule has 10 nitrogen and oxygen atoms in total. The van der Waals surface area contributed by atoms with Gasteiger partial charge in [0.1, 0.15) is 5.69 Å². The van der Waals surface area contributed by atoms with Crippen molar-refractivity contribution >= 4 is 27.3 Å². The average Bonchev–Trinajstić information content (AvgIpc) is 3.01. The molecule has 0 atom stereocenters. The Kier molecular flexibility index (Phi) is 6.83. The topological polar surface area (TPSA) is 113 Å². The van der Waals surface area contributed by atoms with Gasteiger partial charge in [-0.2, -0.15) is 4.31 Å². The first-order chi connectivity index (χ1) is 14.4. The zero-order valence-electron chi connectivity index (χ0n) is 17.1. The fourth-order valence-corrected chi connectivity index (χ4v) is 5.08. The summed E-state index contributed by atoms with van der Waals surface area (Å²) in [6, 6.07) is 5.93. The van der Waals surface area contributed by atoms with E-state index in [1.165, 1.54) is 16.4 Å². The minimum atomic E-state index is -3.77. The van der Waals surface area contributed by atoms with Gasteiger partial charge in [-0.3, -0.25) is 10.1 Å². The molecule has 2 aromatic rings. The number of aromatic nitrogens is 2. The van der Waals surface area contributed by atoms with Gasteiger partial charge in [0.25, 0.3) is 5.69 Å². The largest absolute Gasteiger partial charge is 0.364 e. The molecule has 11 heteroatoms. The highest BCUT2D eigenvalue weighted by Gasteiger charge is 2.28. The Balaban J connectivity index is 1.88. The van der Waals surface area contributed by atoms with Crippen molar-refractivity contribution in [1.29, 1.82) is 0 Å². The van der Waals surface area contributed by atoms with Gasteiger partial charge in [-0.05, 0) is 24.6 Å². The molecule has 1 fully saturated rings. The number of nitrogens with zero attached hydrogens (tertiary/aromatic N) is 6. The maximum Gasteiger partial charge on any atom is 0.293 e. The number of rotatable bonds is 7. The Morgan fingerprint density at radius 3 is 2.33 bits per heavy atom. The molecule has 0 radical (unpaired) electrons. The van der Waals surface area contributed by atoms with E-state index in [1.54, 1.807) is 38.4 Å². The van der Waals surface area contributed by atoms with Crippen molar-refractivity contribution in [1.82, 2.24) is 14.3 Å². The van der Waals surface area contributed by atoms with Gasteiger partial charge >= 0.3 is 0 Å². The lowest BCUT2D eigenvalue weighted by molar-refractivity contribution is -0.384. The standard InChI is InChI=1S/C19H26N6O4S/c1-3-24(4-2)30(28,29)16-7-8-17(18(15-16)25(26)27)22-11-6-12-23(14-13-22)19-20-9-5-10-21-19/h5,7-10,15H,3-4,6,11-14H2,1-2H3. The van der Waals surface area contributed by atoms with E-state index in [2.05, 4.69) is 9.97 Å². The normalized spacial score (nSPS) is 15.3. The molecule has 0 amide bonds. The Morgan fingerprint density at radius 2 is 1.70 bits per heavy atom. The summed E-state index contributed by atoms with van der Waals surface area (Å²) in [4.78, 5) is 23.7. The summed E-state index contributed by atoms with van der Waals surface area (Å²) in [6.07, 6.45) is 4.14. The number of hydrogen-bond acceptors (Lipinski definition) is 8. The van der Waals surface area contributed by atoms with Crippen LogP contribution in [0.5, 0.6) is 0 Å². The lowest BCUT2D eigenvalue weighted by Crippen LogP contribution is -2.32. The summed E-state index contributed by atoms with van der Waals surface area (Å²) in [6.45, 7) is 6.60. The first-order valence-electron chi connectivity index (χ1n) is 9.94. The van der Waals surface area contributed by atoms with E-state index < -0.39 is 14.9 Å². The molecule has 0 aliphatic carbocycles. The van der Waals surface area contributed by atoms with E-state index in [0.717, 1.165) is 13.0 Å². The molecule has 0 unspecified atom stereocenters. The predicted molar refractivity (Wildman–Crippen MR) is 114 cm³/mol. The van der Waals surface area contributed by atoms with Crippen LogP contribution in [0.25, 0.3) is 0 Å². The third-order valence-electron chi connectivity index (χ3n) is 5.16. The second kappa shape index (κ2) is 9.35. The van der Waals surface area contributed by atoms with Gasteiger partial charge in [0.05, 0.1) is 9.82 Å². The van der Waals surface area contributed by atoms with Crippen molar-refractivity contribution in [3.05, 3.63) is 46.8 Å². The number of sulfonamides is 1. The third kappa shape index (κ3) is 4.51. The van der Waals surface area contributed by atoms with Gasteiger partial charge in [-0.1, -0.05) is 13.8 Å². The second-order valence-corrected chi connectivity index (χ2v) is 8.81. The second-order valence-electron chi connectivity index (χ2n) is 6.87. The van der Waals surface area contributed by atoms with Crippen molar-refractivity contribution in [2.24, 2.45) is 0 Å². The molecule has 0 saturated carbocycles. The van der Waals surface area contributed by atoms with Crippen LogP contribution < -0.4 is 9.80 Å². The van der Waals surface area contributed by atoms with Crippen molar-refractivity contribution in [3.8, 4) is 0 Å². The summed E-state index contributed by atoms with van der Waals surface area (Å²) in [5.41, 5.74) is 0.224. The van der Waals surface area contributed by atoms with Gasteiger partial charge in [0.15, 0.2) is 0 Å². The smallest absolute Gasteiger partial charge is 0.293 e. The van der Waals surface area contributed by atoms with Crippen molar-refractivity contribution < 1.29 is 13.3 Å². The summed E-state index contributed by atoms with van der Waals surface area (Å²) in [5.74, 6) is 0.634. The highest BCUT2D eigenvalue weighted by molar-refractivity contribution is 7.89. The SMILES string of the molecule is CCN(CC)S(=O)(=O)c1ccc(N2CCCN(c3ncccn3)CC2)c([N+](=O)[O-])c1. The maximum atomic E-state index is 12.8. The van der Waals surface area contributed by atoms with E-state index in [9.17, 15) is 18.5 Å². The Morgan fingerprint density at radius 1 is 1.07 bits per heavy atom. The van der Waals surface area contributed by atoms with Crippen LogP contribution in [0, 0.1) is 10.1 Å². The van der Waals surface area contributed by atoms with Crippen LogP contribution in [-0.2, 0) is 10.0 Å². The maximum absolute atomic E-state index is 12.8. The third-order valence-corrected chi connectivity index (χ3v) is 7.20. The van der Waals surface area contributed by atoms with Crippen LogP contribution in [0.15, 0.2) is 41.6 Å². The molecular weight excluding hydrogens is 408 g/mol. The first-order valence-corrected chi connectivity index (χ1v) is 11.4. The number of benzene rings is 1. The lowest BCUT2D eigenvalue weighted by Gasteiger charge is -2.24. The number of nitro groups is 1. The first kappa shape index (κ1) is 21.9. The van der Waals surface area contributed by atoms with E-state index in [0.29, 0.717) is 44.4 Å². The molecule has 3 rings (SSSR count). The minimum Gasteiger partial charge on any atom is -0.364 e. The molecule has 1 aliphatic heterocycles. The summed E-state index contributed by atoms with van der Waals surface area (Å²) >= 11 is 0. The quantitative estimate of drug-likeness (QED) is 0.481. The van der Waals surface area contributed by atoms with Gasteiger partial charge in [0, 0.05) is 57.7 Å². The fourth-order valence-electron chi connectivity index (χ4n) is 3.60. The molecule has 1 saturated heterocycles. The van der Waals surface area contributed by atoms with Gasteiger partial charge in [-0.25, -0.2) is 18.4 Å². The van der Waals surface area contributed by atoms with E-state index in [4.69, 9.17) is 0 Å². The van der Waals surface area contributed by atoms with Gasteiger partial charge in [0.2, 0.25) is 16.0 Å². The monoisotopic (exact) mass is 434 g/mol. The zero-order chi connectivity index (χ0) is 21.7. The van der Waals surface area contributed by atoms with Gasteiger partial charge in [-0.15, -0.1) is 0 Å². The van der Waals surface area contributed by atoms with Gasteiger partial charge < -0.3 is 9.80 Å².